The number of esters is 1. The Morgan fingerprint density at radius 2 is 1.87 bits per heavy atom. The van der Waals surface area contributed by atoms with Crippen LogP contribution in [-0.2, 0) is 28.8 Å². The molecule has 0 bridgehead atoms. The summed E-state index contributed by atoms with van der Waals surface area (Å²) in [5, 5.41) is 5.83. The summed E-state index contributed by atoms with van der Waals surface area (Å²) in [6.45, 7) is 0.00157. The van der Waals surface area contributed by atoms with E-state index in [4.69, 9.17) is 4.74 Å². The minimum Gasteiger partial charge on any atom is -0.465 e. The Morgan fingerprint density at radius 3 is 2.52 bits per heavy atom. The predicted molar refractivity (Wildman–Crippen MR) is 97.3 cm³/mol. The van der Waals surface area contributed by atoms with Gasteiger partial charge in [0.2, 0.25) is 5.82 Å². The van der Waals surface area contributed by atoms with Gasteiger partial charge < -0.3 is 19.3 Å². The van der Waals surface area contributed by atoms with Crippen molar-refractivity contribution in [1.29, 1.82) is 0 Å². The SMILES string of the molecule is COC(=O)c1cncc(COC(=O)NCc2ccc(-c3noc(C(F)(F)F)n3)cc2)c1. The van der Waals surface area contributed by atoms with Crippen LogP contribution in [0.1, 0.15) is 27.4 Å². The summed E-state index contributed by atoms with van der Waals surface area (Å²) in [6, 6.07) is 7.66. The number of rotatable bonds is 6. The summed E-state index contributed by atoms with van der Waals surface area (Å²) >= 11 is 0. The second-order valence-corrected chi connectivity index (χ2v) is 6.12. The second kappa shape index (κ2) is 9.24. The molecule has 0 aliphatic rings. The molecule has 2 aromatic heterocycles. The van der Waals surface area contributed by atoms with Gasteiger partial charge >= 0.3 is 24.1 Å². The van der Waals surface area contributed by atoms with E-state index in [1.54, 1.807) is 12.1 Å². The van der Waals surface area contributed by atoms with Crippen LogP contribution in [-0.4, -0.2) is 34.3 Å². The number of nitrogens with zero attached hydrogens (tertiary/aromatic N) is 3. The molecule has 0 aliphatic carbocycles. The fraction of sp³-hybridized carbons (Fsp3) is 0.211. The molecular weight excluding hydrogens is 421 g/mol. The van der Waals surface area contributed by atoms with Crippen molar-refractivity contribution in [1.82, 2.24) is 20.4 Å². The third-order valence-electron chi connectivity index (χ3n) is 3.90. The number of alkyl halides is 3. The summed E-state index contributed by atoms with van der Waals surface area (Å²) in [5.41, 5.74) is 1.71. The molecular formula is C19H15F3N4O5. The van der Waals surface area contributed by atoms with Crippen LogP contribution in [0, 0.1) is 0 Å². The van der Waals surface area contributed by atoms with E-state index in [-0.39, 0.29) is 24.5 Å². The quantitative estimate of drug-likeness (QED) is 0.585. The Kier molecular flexibility index (Phi) is 6.48. The molecule has 162 valence electrons. The van der Waals surface area contributed by atoms with Crippen LogP contribution in [0.5, 0.6) is 0 Å². The van der Waals surface area contributed by atoms with E-state index in [0.717, 1.165) is 0 Å². The van der Waals surface area contributed by atoms with E-state index in [9.17, 15) is 22.8 Å². The van der Waals surface area contributed by atoms with E-state index >= 15 is 0 Å². The number of halogens is 3. The lowest BCUT2D eigenvalue weighted by Crippen LogP contribution is -2.23. The van der Waals surface area contributed by atoms with Gasteiger partial charge in [0.05, 0.1) is 12.7 Å². The predicted octanol–water partition coefficient (Wildman–Crippen LogP) is 3.36. The Bertz CT molecular complexity index is 1070. The Labute approximate surface area is 173 Å². The van der Waals surface area contributed by atoms with Gasteiger partial charge in [0.15, 0.2) is 0 Å². The molecule has 0 radical (unpaired) electrons. The number of hydrogen-bond donors (Lipinski definition) is 1. The molecule has 2 heterocycles. The van der Waals surface area contributed by atoms with Crippen LogP contribution >= 0.6 is 0 Å². The van der Waals surface area contributed by atoms with E-state index in [1.165, 1.54) is 37.7 Å². The molecule has 1 N–H and O–H groups in total. The molecule has 31 heavy (non-hydrogen) atoms. The number of hydrogen-bond acceptors (Lipinski definition) is 8. The highest BCUT2D eigenvalue weighted by Gasteiger charge is 2.38. The first-order chi connectivity index (χ1) is 14.8. The lowest BCUT2D eigenvalue weighted by atomic mass is 10.1. The second-order valence-electron chi connectivity index (χ2n) is 6.12. The Hall–Kier alpha value is -3.96. The van der Waals surface area contributed by atoms with Gasteiger partial charge in [0.25, 0.3) is 0 Å². The fourth-order valence-corrected chi connectivity index (χ4v) is 2.40. The zero-order valence-electron chi connectivity index (χ0n) is 16.0. The molecule has 1 amide bonds. The highest BCUT2D eigenvalue weighted by Crippen LogP contribution is 2.29. The summed E-state index contributed by atoms with van der Waals surface area (Å²) in [7, 11) is 1.24. The zero-order chi connectivity index (χ0) is 22.4. The number of nitrogens with one attached hydrogen (secondary N) is 1. The molecule has 12 heteroatoms. The van der Waals surface area contributed by atoms with Crippen LogP contribution in [0.2, 0.25) is 0 Å². The molecule has 1 aromatic carbocycles. The largest absolute Gasteiger partial charge is 0.471 e. The maximum Gasteiger partial charge on any atom is 0.471 e. The smallest absolute Gasteiger partial charge is 0.465 e. The van der Waals surface area contributed by atoms with Crippen LogP contribution in [0.15, 0.2) is 47.2 Å². The van der Waals surface area contributed by atoms with Crippen LogP contribution in [0.4, 0.5) is 18.0 Å². The van der Waals surface area contributed by atoms with Crippen LogP contribution in [0.3, 0.4) is 0 Å². The van der Waals surface area contributed by atoms with Crippen molar-refractivity contribution in [3.63, 3.8) is 0 Å². The molecule has 3 aromatic rings. The van der Waals surface area contributed by atoms with Crippen molar-refractivity contribution in [3.8, 4) is 11.4 Å². The average molecular weight is 436 g/mol. The minimum atomic E-state index is -4.72. The van der Waals surface area contributed by atoms with Gasteiger partial charge in [-0.1, -0.05) is 29.4 Å². The van der Waals surface area contributed by atoms with Crippen LogP contribution in [0.25, 0.3) is 11.4 Å². The lowest BCUT2D eigenvalue weighted by Gasteiger charge is -2.08. The van der Waals surface area contributed by atoms with Gasteiger partial charge in [-0.15, -0.1) is 0 Å². The van der Waals surface area contributed by atoms with E-state index in [2.05, 4.69) is 29.7 Å². The molecule has 3 rings (SSSR count). The molecule has 0 spiro atoms. The molecule has 0 fully saturated rings. The molecule has 0 unspecified atom stereocenters. The topological polar surface area (TPSA) is 116 Å². The first-order valence-corrected chi connectivity index (χ1v) is 8.69. The van der Waals surface area contributed by atoms with Gasteiger partial charge in [-0.25, -0.2) is 9.59 Å². The number of pyridine rings is 1. The van der Waals surface area contributed by atoms with E-state index in [1.807, 2.05) is 0 Å². The van der Waals surface area contributed by atoms with E-state index in [0.29, 0.717) is 16.7 Å². The number of amides is 1. The maximum absolute atomic E-state index is 12.5. The minimum absolute atomic E-state index is 0.109. The number of benzene rings is 1. The lowest BCUT2D eigenvalue weighted by molar-refractivity contribution is -0.159. The molecule has 9 nitrogen and oxygen atoms in total. The van der Waals surface area contributed by atoms with Crippen molar-refractivity contribution >= 4 is 12.1 Å². The van der Waals surface area contributed by atoms with Gasteiger partial charge in [0.1, 0.15) is 6.61 Å². The summed E-state index contributed by atoms with van der Waals surface area (Å²) < 4.78 is 51.4. The molecule has 0 saturated carbocycles. The highest BCUT2D eigenvalue weighted by molar-refractivity contribution is 5.89. The van der Waals surface area contributed by atoms with Crippen molar-refractivity contribution in [3.05, 3.63) is 65.3 Å². The Balaban J connectivity index is 1.50. The third-order valence-corrected chi connectivity index (χ3v) is 3.90. The molecule has 0 aliphatic heterocycles. The number of carbonyl (C=O) groups excluding carboxylic acids is 2. The summed E-state index contributed by atoms with van der Waals surface area (Å²) in [5.74, 6) is -2.19. The van der Waals surface area contributed by atoms with Crippen molar-refractivity contribution in [2.45, 2.75) is 19.3 Å². The zero-order valence-corrected chi connectivity index (χ0v) is 16.0. The number of ether oxygens (including phenoxy) is 2. The number of aromatic nitrogens is 3. The van der Waals surface area contributed by atoms with Crippen molar-refractivity contribution in [2.24, 2.45) is 0 Å². The number of alkyl carbamates (subject to hydrolysis) is 1. The average Bonchev–Trinajstić information content (AvgIpc) is 3.27. The monoisotopic (exact) mass is 436 g/mol. The summed E-state index contributed by atoms with van der Waals surface area (Å²) in [4.78, 5) is 30.5. The van der Waals surface area contributed by atoms with Gasteiger partial charge in [-0.3, -0.25) is 4.98 Å². The number of methoxy groups -OCH3 is 1. The first-order valence-electron chi connectivity index (χ1n) is 8.69. The van der Waals surface area contributed by atoms with Crippen molar-refractivity contribution in [2.75, 3.05) is 7.11 Å². The van der Waals surface area contributed by atoms with Gasteiger partial charge in [0, 0.05) is 30.1 Å². The van der Waals surface area contributed by atoms with Crippen molar-refractivity contribution < 1.29 is 36.8 Å². The third kappa shape index (κ3) is 5.78. The summed E-state index contributed by atoms with van der Waals surface area (Å²) in [6.07, 6.45) is -2.65. The van der Waals surface area contributed by atoms with Gasteiger partial charge in [-0.2, -0.15) is 18.2 Å². The first kappa shape index (κ1) is 21.7. The standard InChI is InChI=1S/C19H15F3N4O5/c1-29-16(27)14-6-12(7-23-9-14)10-30-18(28)24-8-11-2-4-13(5-3-11)15-25-17(31-26-15)19(20,21)22/h2-7,9H,8,10H2,1H3,(H,24,28). The van der Waals surface area contributed by atoms with Crippen LogP contribution < -0.4 is 5.32 Å². The number of carbonyl (C=O) groups is 2. The van der Waals surface area contributed by atoms with E-state index < -0.39 is 24.1 Å². The normalized spacial score (nSPS) is 11.1. The maximum atomic E-state index is 12.5. The van der Waals surface area contributed by atoms with Gasteiger partial charge in [-0.05, 0) is 11.6 Å². The Morgan fingerprint density at radius 1 is 1.13 bits per heavy atom. The highest BCUT2D eigenvalue weighted by atomic mass is 19.4. The molecule has 0 atom stereocenters. The molecule has 0 saturated heterocycles. The fourth-order valence-electron chi connectivity index (χ4n) is 2.40.